The molecule has 3 rings (SSSR count). The van der Waals surface area contributed by atoms with Crippen LogP contribution in [-0.4, -0.2) is 15.7 Å². The Kier molecular flexibility index (Phi) is 6.71. The van der Waals surface area contributed by atoms with Crippen LogP contribution in [0.2, 0.25) is 5.02 Å². The lowest BCUT2D eigenvalue weighted by Gasteiger charge is -2.09. The molecule has 0 bridgehead atoms. The summed E-state index contributed by atoms with van der Waals surface area (Å²) in [6, 6.07) is 15.5. The van der Waals surface area contributed by atoms with Gasteiger partial charge in [-0.3, -0.25) is 9.48 Å². The molecule has 1 heterocycles. The summed E-state index contributed by atoms with van der Waals surface area (Å²) in [5.74, 6) is 0.643. The zero-order valence-corrected chi connectivity index (χ0v) is 16.9. The molecule has 2 aromatic carbocycles. The first-order valence-corrected chi connectivity index (χ1v) is 9.77. The van der Waals surface area contributed by atoms with Gasteiger partial charge in [-0.25, -0.2) is 0 Å². The maximum Gasteiger partial charge on any atom is 0.251 e. The first-order valence-electron chi connectivity index (χ1n) is 9.39. The van der Waals surface area contributed by atoms with Gasteiger partial charge in [0, 0.05) is 18.3 Å². The number of halogens is 1. The second-order valence-corrected chi connectivity index (χ2v) is 6.86. The molecular formula is C22H24ClN3O2. The summed E-state index contributed by atoms with van der Waals surface area (Å²) in [6.07, 6.45) is 2.76. The van der Waals surface area contributed by atoms with Crippen LogP contribution < -0.4 is 10.1 Å². The molecule has 1 N–H and O–H groups in total. The number of carbonyl (C=O) groups excluding carboxylic acids is 1. The van der Waals surface area contributed by atoms with Gasteiger partial charge in [-0.2, -0.15) is 5.10 Å². The van der Waals surface area contributed by atoms with E-state index in [1.807, 2.05) is 37.3 Å². The zero-order chi connectivity index (χ0) is 19.9. The van der Waals surface area contributed by atoms with Crippen LogP contribution in [0.4, 0.5) is 0 Å². The molecular weight excluding hydrogens is 374 g/mol. The SMILES string of the molecule is CCc1ccc(OCc2cccc(C(=O)NCc3nn(CC)cc3Cl)c2)cc1. The number of amides is 1. The van der Waals surface area contributed by atoms with Crippen molar-refractivity contribution in [2.24, 2.45) is 0 Å². The molecule has 0 unspecified atom stereocenters. The van der Waals surface area contributed by atoms with Crippen LogP contribution in [0.25, 0.3) is 0 Å². The van der Waals surface area contributed by atoms with Crippen LogP contribution in [-0.2, 0) is 26.1 Å². The molecule has 0 fully saturated rings. The molecule has 0 spiro atoms. The summed E-state index contributed by atoms with van der Waals surface area (Å²) >= 11 is 6.15. The van der Waals surface area contributed by atoms with Crippen molar-refractivity contribution in [2.75, 3.05) is 0 Å². The smallest absolute Gasteiger partial charge is 0.251 e. The number of aromatic nitrogens is 2. The third kappa shape index (κ3) is 5.14. The highest BCUT2D eigenvalue weighted by molar-refractivity contribution is 6.31. The Hall–Kier alpha value is -2.79. The van der Waals surface area contributed by atoms with Gasteiger partial charge in [0.2, 0.25) is 0 Å². The third-order valence-corrected chi connectivity index (χ3v) is 4.77. The highest BCUT2D eigenvalue weighted by Gasteiger charge is 2.10. The van der Waals surface area contributed by atoms with E-state index in [1.165, 1.54) is 5.56 Å². The minimum absolute atomic E-state index is 0.170. The average Bonchev–Trinajstić information content (AvgIpc) is 3.10. The van der Waals surface area contributed by atoms with Gasteiger partial charge in [0.25, 0.3) is 5.91 Å². The number of hydrogen-bond donors (Lipinski definition) is 1. The molecule has 5 nitrogen and oxygen atoms in total. The van der Waals surface area contributed by atoms with Gasteiger partial charge in [0.05, 0.1) is 11.6 Å². The predicted molar refractivity (Wildman–Crippen MR) is 111 cm³/mol. The minimum atomic E-state index is -0.170. The van der Waals surface area contributed by atoms with Crippen LogP contribution in [0.15, 0.2) is 54.7 Å². The van der Waals surface area contributed by atoms with Crippen molar-refractivity contribution in [3.63, 3.8) is 0 Å². The Morgan fingerprint density at radius 1 is 1.14 bits per heavy atom. The van der Waals surface area contributed by atoms with Crippen molar-refractivity contribution in [2.45, 2.75) is 40.0 Å². The Bertz CT molecular complexity index is 935. The lowest BCUT2D eigenvalue weighted by molar-refractivity contribution is 0.0950. The van der Waals surface area contributed by atoms with Gasteiger partial charge in [-0.15, -0.1) is 0 Å². The normalized spacial score (nSPS) is 10.7. The number of hydrogen-bond acceptors (Lipinski definition) is 3. The maximum atomic E-state index is 12.5. The van der Waals surface area contributed by atoms with Crippen molar-refractivity contribution in [3.8, 4) is 5.75 Å². The summed E-state index contributed by atoms with van der Waals surface area (Å²) < 4.78 is 7.57. The number of nitrogens with one attached hydrogen (secondary N) is 1. The van der Waals surface area contributed by atoms with E-state index in [2.05, 4.69) is 29.5 Å². The highest BCUT2D eigenvalue weighted by atomic mass is 35.5. The standard InChI is InChI=1S/C22H24ClN3O2/c1-3-16-8-10-19(11-9-16)28-15-17-6-5-7-18(12-17)22(27)24-13-21-20(23)14-26(4-2)25-21/h5-12,14H,3-4,13,15H2,1-2H3,(H,24,27). The van der Waals surface area contributed by atoms with Gasteiger partial charge in [0.1, 0.15) is 18.1 Å². The van der Waals surface area contributed by atoms with E-state index in [0.717, 1.165) is 24.3 Å². The lowest BCUT2D eigenvalue weighted by Crippen LogP contribution is -2.23. The fourth-order valence-electron chi connectivity index (χ4n) is 2.78. The molecule has 0 radical (unpaired) electrons. The number of nitrogens with zero attached hydrogens (tertiary/aromatic N) is 2. The summed E-state index contributed by atoms with van der Waals surface area (Å²) in [6.45, 7) is 5.53. The van der Waals surface area contributed by atoms with E-state index in [1.54, 1.807) is 16.9 Å². The average molecular weight is 398 g/mol. The Morgan fingerprint density at radius 2 is 1.93 bits per heavy atom. The van der Waals surface area contributed by atoms with Crippen LogP contribution in [0.5, 0.6) is 5.75 Å². The predicted octanol–water partition coefficient (Wildman–Crippen LogP) is 4.63. The summed E-state index contributed by atoms with van der Waals surface area (Å²) in [7, 11) is 0. The van der Waals surface area contributed by atoms with E-state index < -0.39 is 0 Å². The van der Waals surface area contributed by atoms with E-state index in [9.17, 15) is 4.79 Å². The number of aryl methyl sites for hydroxylation is 2. The van der Waals surface area contributed by atoms with Crippen molar-refractivity contribution in [3.05, 3.63) is 82.1 Å². The summed E-state index contributed by atoms with van der Waals surface area (Å²) in [4.78, 5) is 12.5. The number of benzene rings is 2. The zero-order valence-electron chi connectivity index (χ0n) is 16.1. The van der Waals surface area contributed by atoms with Crippen LogP contribution in [0.1, 0.15) is 41.0 Å². The van der Waals surface area contributed by atoms with Gasteiger partial charge < -0.3 is 10.1 Å². The third-order valence-electron chi connectivity index (χ3n) is 4.45. The van der Waals surface area contributed by atoms with E-state index >= 15 is 0 Å². The van der Waals surface area contributed by atoms with Crippen LogP contribution in [0.3, 0.4) is 0 Å². The molecule has 0 saturated carbocycles. The molecule has 0 aliphatic carbocycles. The molecule has 1 amide bonds. The van der Waals surface area contributed by atoms with Crippen LogP contribution >= 0.6 is 11.6 Å². The monoisotopic (exact) mass is 397 g/mol. The van der Waals surface area contributed by atoms with E-state index in [0.29, 0.717) is 22.9 Å². The van der Waals surface area contributed by atoms with E-state index in [-0.39, 0.29) is 12.5 Å². The fraction of sp³-hybridized carbons (Fsp3) is 0.273. The maximum absolute atomic E-state index is 12.5. The Balaban J connectivity index is 1.58. The number of ether oxygens (including phenoxy) is 1. The Morgan fingerprint density at radius 3 is 2.61 bits per heavy atom. The molecule has 3 aromatic rings. The van der Waals surface area contributed by atoms with Gasteiger partial charge in [-0.05, 0) is 48.7 Å². The minimum Gasteiger partial charge on any atom is -0.489 e. The number of rotatable bonds is 8. The first kappa shape index (κ1) is 20.0. The molecule has 6 heteroatoms. The fourth-order valence-corrected chi connectivity index (χ4v) is 2.99. The van der Waals surface area contributed by atoms with Crippen LogP contribution in [0, 0.1) is 0 Å². The van der Waals surface area contributed by atoms with Gasteiger partial charge in [-0.1, -0.05) is 42.8 Å². The van der Waals surface area contributed by atoms with Gasteiger partial charge in [0.15, 0.2) is 0 Å². The molecule has 28 heavy (non-hydrogen) atoms. The largest absolute Gasteiger partial charge is 0.489 e. The van der Waals surface area contributed by atoms with E-state index in [4.69, 9.17) is 16.3 Å². The highest BCUT2D eigenvalue weighted by Crippen LogP contribution is 2.16. The molecule has 0 aliphatic rings. The molecule has 0 aliphatic heterocycles. The number of carbonyl (C=O) groups is 1. The molecule has 0 atom stereocenters. The quantitative estimate of drug-likeness (QED) is 0.603. The second-order valence-electron chi connectivity index (χ2n) is 6.45. The molecule has 0 saturated heterocycles. The molecule has 1 aromatic heterocycles. The topological polar surface area (TPSA) is 56.1 Å². The lowest BCUT2D eigenvalue weighted by atomic mass is 10.1. The molecule has 146 valence electrons. The summed E-state index contributed by atoms with van der Waals surface area (Å²) in [5.41, 5.74) is 3.44. The van der Waals surface area contributed by atoms with Crippen molar-refractivity contribution < 1.29 is 9.53 Å². The second kappa shape index (κ2) is 9.42. The van der Waals surface area contributed by atoms with Crippen molar-refractivity contribution in [1.29, 1.82) is 0 Å². The van der Waals surface area contributed by atoms with Crippen molar-refractivity contribution >= 4 is 17.5 Å². The Labute approximate surface area is 170 Å². The van der Waals surface area contributed by atoms with Crippen molar-refractivity contribution in [1.82, 2.24) is 15.1 Å². The first-order chi connectivity index (χ1) is 13.6. The summed E-state index contributed by atoms with van der Waals surface area (Å²) in [5, 5.41) is 7.76. The van der Waals surface area contributed by atoms with Gasteiger partial charge >= 0.3 is 0 Å².